The highest BCUT2D eigenvalue weighted by atomic mass is 16.7. The van der Waals surface area contributed by atoms with Crippen LogP contribution < -0.4 is 4.74 Å². The van der Waals surface area contributed by atoms with E-state index in [-0.39, 0.29) is 64.5 Å². The number of carbonyl (C=O) groups is 3. The Kier molecular flexibility index (Phi) is 6.79. The van der Waals surface area contributed by atoms with Crippen molar-refractivity contribution in [2.24, 2.45) is 5.92 Å². The summed E-state index contributed by atoms with van der Waals surface area (Å²) in [6.45, 7) is 4.70. The second-order valence-corrected chi connectivity index (χ2v) is 10.9. The summed E-state index contributed by atoms with van der Waals surface area (Å²) in [4.78, 5) is 39.7. The quantitative estimate of drug-likeness (QED) is 0.354. The molecule has 3 aliphatic rings. The summed E-state index contributed by atoms with van der Waals surface area (Å²) in [6.07, 6.45) is -1.93. The van der Waals surface area contributed by atoms with Crippen molar-refractivity contribution >= 4 is 17.3 Å². The van der Waals surface area contributed by atoms with Gasteiger partial charge < -0.3 is 34.6 Å². The van der Waals surface area contributed by atoms with E-state index in [0.717, 1.165) is 0 Å². The Labute approximate surface area is 225 Å². The van der Waals surface area contributed by atoms with Crippen LogP contribution in [0.1, 0.15) is 82.5 Å². The van der Waals surface area contributed by atoms with Crippen molar-refractivity contribution in [2.75, 3.05) is 13.7 Å². The van der Waals surface area contributed by atoms with Gasteiger partial charge in [-0.2, -0.15) is 0 Å². The van der Waals surface area contributed by atoms with Crippen LogP contribution in [0.15, 0.2) is 18.2 Å². The normalized spacial score (nSPS) is 29.8. The van der Waals surface area contributed by atoms with Gasteiger partial charge in [0.05, 0.1) is 42.6 Å². The summed E-state index contributed by atoms with van der Waals surface area (Å²) in [5.41, 5.74) is -2.49. The fraction of sp³-hybridized carbons (Fsp3) is 0.483. The van der Waals surface area contributed by atoms with Crippen molar-refractivity contribution in [3.63, 3.8) is 0 Å². The van der Waals surface area contributed by atoms with Gasteiger partial charge in [0.2, 0.25) is 5.78 Å². The Bertz CT molecular complexity index is 1370. The average Bonchev–Trinajstić information content (AvgIpc) is 2.90. The van der Waals surface area contributed by atoms with Gasteiger partial charge in [0.1, 0.15) is 22.8 Å². The molecule has 0 aromatic heterocycles. The molecular formula is C29H32O10. The van der Waals surface area contributed by atoms with Crippen LogP contribution in [0.5, 0.6) is 17.2 Å². The summed E-state index contributed by atoms with van der Waals surface area (Å²) in [5.74, 6) is -3.77. The SMILES string of the molecule is COc1cccc2c1C(=O)c1c(O)c3c(c(O)c1C2=O)C[C@@](O)(C(C)=O)C[C@@H]3COC1CC(C)C(O)C(C)O1. The van der Waals surface area contributed by atoms with Gasteiger partial charge in [-0.3, -0.25) is 14.4 Å². The Morgan fingerprint density at radius 2 is 1.79 bits per heavy atom. The number of fused-ring (bicyclic) bond motifs is 3. The van der Waals surface area contributed by atoms with E-state index in [2.05, 4.69) is 0 Å². The standard InChI is InChI=1S/C29H32O10/c1-12-8-19(39-13(2)24(12)31)38-11-15-9-29(36,14(3)30)10-17-20(15)27(34)23-22(26(17)33)25(32)16-6-5-7-18(37-4)21(16)28(23)35/h5-7,12-13,15,19,24,31,33-34,36H,8-11H2,1-4H3/t12?,13?,15-,19?,24?,29-/m1/s1. The number of ether oxygens (including phenoxy) is 3. The number of aliphatic hydroxyl groups excluding tert-OH is 1. The fourth-order valence-corrected chi connectivity index (χ4v) is 6.13. The smallest absolute Gasteiger partial charge is 0.202 e. The van der Waals surface area contributed by atoms with E-state index in [1.807, 2.05) is 6.92 Å². The number of phenolic OH excluding ortho intramolecular Hbond substituents is 2. The van der Waals surface area contributed by atoms with Gasteiger partial charge in [-0.05, 0) is 32.3 Å². The van der Waals surface area contributed by atoms with Crippen LogP contribution in [0.2, 0.25) is 0 Å². The highest BCUT2D eigenvalue weighted by Crippen LogP contribution is 2.52. The number of ketones is 3. The predicted octanol–water partition coefficient (Wildman–Crippen LogP) is 2.38. The van der Waals surface area contributed by atoms with Crippen LogP contribution >= 0.6 is 0 Å². The minimum absolute atomic E-state index is 0.0121. The zero-order valence-corrected chi connectivity index (χ0v) is 22.2. The molecule has 2 aromatic rings. The molecular weight excluding hydrogens is 508 g/mol. The van der Waals surface area contributed by atoms with E-state index in [9.17, 15) is 34.8 Å². The lowest BCUT2D eigenvalue weighted by Gasteiger charge is -2.40. The number of hydrogen-bond donors (Lipinski definition) is 4. The van der Waals surface area contributed by atoms with Crippen molar-refractivity contribution in [3.8, 4) is 17.2 Å². The number of benzene rings is 2. The lowest BCUT2D eigenvalue weighted by Crippen LogP contribution is -2.46. The molecule has 0 amide bonds. The van der Waals surface area contributed by atoms with Crippen molar-refractivity contribution < 1.29 is 49.0 Å². The lowest BCUT2D eigenvalue weighted by molar-refractivity contribution is -0.234. The number of carbonyl (C=O) groups excluding carboxylic acids is 3. The van der Waals surface area contributed by atoms with Gasteiger partial charge in [0, 0.05) is 35.4 Å². The minimum atomic E-state index is -1.90. The highest BCUT2D eigenvalue weighted by Gasteiger charge is 2.48. The molecule has 4 N–H and O–H groups in total. The van der Waals surface area contributed by atoms with E-state index in [4.69, 9.17) is 14.2 Å². The van der Waals surface area contributed by atoms with Gasteiger partial charge in [-0.1, -0.05) is 19.1 Å². The monoisotopic (exact) mass is 540 g/mol. The van der Waals surface area contributed by atoms with Gasteiger partial charge in [0.15, 0.2) is 17.9 Å². The molecule has 1 heterocycles. The zero-order valence-electron chi connectivity index (χ0n) is 22.2. The number of aliphatic hydroxyl groups is 2. The number of phenols is 2. The molecule has 6 atom stereocenters. The fourth-order valence-electron chi connectivity index (χ4n) is 6.13. The molecule has 2 aromatic carbocycles. The number of methoxy groups -OCH3 is 1. The van der Waals surface area contributed by atoms with E-state index in [1.54, 1.807) is 13.0 Å². The molecule has 1 fully saturated rings. The number of aromatic hydroxyl groups is 2. The molecule has 0 spiro atoms. The second-order valence-electron chi connectivity index (χ2n) is 10.9. The summed E-state index contributed by atoms with van der Waals surface area (Å²) < 4.78 is 17.1. The third-order valence-electron chi connectivity index (χ3n) is 8.36. The summed E-state index contributed by atoms with van der Waals surface area (Å²) in [7, 11) is 1.36. The Balaban J connectivity index is 1.61. The van der Waals surface area contributed by atoms with Crippen molar-refractivity contribution in [1.82, 2.24) is 0 Å². The second kappa shape index (κ2) is 9.71. The van der Waals surface area contributed by atoms with E-state index in [0.29, 0.717) is 6.42 Å². The molecule has 10 nitrogen and oxygen atoms in total. The topological polar surface area (TPSA) is 160 Å². The Hall–Kier alpha value is -3.31. The first-order chi connectivity index (χ1) is 18.4. The third-order valence-corrected chi connectivity index (χ3v) is 8.36. The highest BCUT2D eigenvalue weighted by molar-refractivity contribution is 6.31. The first kappa shape index (κ1) is 27.3. The maximum absolute atomic E-state index is 13.7. The minimum Gasteiger partial charge on any atom is -0.507 e. The molecule has 0 radical (unpaired) electrons. The molecule has 0 saturated carbocycles. The predicted molar refractivity (Wildman–Crippen MR) is 136 cm³/mol. The molecule has 10 heteroatoms. The molecule has 5 rings (SSSR count). The molecule has 1 aliphatic heterocycles. The van der Waals surface area contributed by atoms with Crippen LogP contribution in [0.25, 0.3) is 0 Å². The number of hydrogen-bond acceptors (Lipinski definition) is 10. The van der Waals surface area contributed by atoms with Crippen LogP contribution in [-0.2, 0) is 20.7 Å². The number of Topliss-reactive ketones (excluding diaryl/α,β-unsaturated/α-hetero) is 1. The van der Waals surface area contributed by atoms with Crippen molar-refractivity contribution in [2.45, 2.75) is 70.1 Å². The number of rotatable bonds is 5. The van der Waals surface area contributed by atoms with E-state index < -0.39 is 58.9 Å². The largest absolute Gasteiger partial charge is 0.507 e. The van der Waals surface area contributed by atoms with Gasteiger partial charge in [0.25, 0.3) is 0 Å². The Morgan fingerprint density at radius 3 is 2.44 bits per heavy atom. The van der Waals surface area contributed by atoms with Crippen LogP contribution in [-0.4, -0.2) is 75.6 Å². The van der Waals surface area contributed by atoms with Crippen LogP contribution in [0, 0.1) is 5.92 Å². The molecule has 4 unspecified atom stereocenters. The zero-order chi connectivity index (χ0) is 28.4. The van der Waals surface area contributed by atoms with Crippen LogP contribution in [0.4, 0.5) is 0 Å². The molecule has 208 valence electrons. The maximum Gasteiger partial charge on any atom is 0.202 e. The average molecular weight is 541 g/mol. The molecule has 0 bridgehead atoms. The van der Waals surface area contributed by atoms with Gasteiger partial charge >= 0.3 is 0 Å². The summed E-state index contributed by atoms with van der Waals surface area (Å²) in [6, 6.07) is 4.50. The molecule has 1 saturated heterocycles. The molecule has 39 heavy (non-hydrogen) atoms. The Morgan fingerprint density at radius 1 is 1.10 bits per heavy atom. The van der Waals surface area contributed by atoms with Crippen molar-refractivity contribution in [1.29, 1.82) is 0 Å². The maximum atomic E-state index is 13.7. The third kappa shape index (κ3) is 4.22. The van der Waals surface area contributed by atoms with Gasteiger partial charge in [-0.15, -0.1) is 0 Å². The van der Waals surface area contributed by atoms with E-state index >= 15 is 0 Å². The van der Waals surface area contributed by atoms with Crippen LogP contribution in [0.3, 0.4) is 0 Å². The first-order valence-corrected chi connectivity index (χ1v) is 12.9. The summed E-state index contributed by atoms with van der Waals surface area (Å²) >= 11 is 0. The van der Waals surface area contributed by atoms with E-state index in [1.165, 1.54) is 26.2 Å². The van der Waals surface area contributed by atoms with Crippen molar-refractivity contribution in [3.05, 3.63) is 51.6 Å². The molecule has 2 aliphatic carbocycles. The lowest BCUT2D eigenvalue weighted by atomic mass is 9.69. The summed E-state index contributed by atoms with van der Waals surface area (Å²) in [5, 5.41) is 44.3. The first-order valence-electron chi connectivity index (χ1n) is 12.9. The van der Waals surface area contributed by atoms with Gasteiger partial charge in [-0.25, -0.2) is 0 Å².